The Hall–Kier alpha value is -2.38. The van der Waals surface area contributed by atoms with Crippen LogP contribution in [-0.2, 0) is 9.53 Å². The summed E-state index contributed by atoms with van der Waals surface area (Å²) in [6.45, 7) is 1.87. The number of nitrogens with zero attached hydrogens (tertiary/aromatic N) is 1. The normalized spacial score (nSPS) is 16.8. The highest BCUT2D eigenvalue weighted by atomic mass is 79.9. The van der Waals surface area contributed by atoms with Gasteiger partial charge in [-0.15, -0.1) is 0 Å². The molecule has 1 N–H and O–H groups in total. The topological polar surface area (TPSA) is 50.8 Å². The van der Waals surface area contributed by atoms with Crippen LogP contribution in [0.15, 0.2) is 64.3 Å². The zero-order valence-electron chi connectivity index (χ0n) is 15.2. The summed E-state index contributed by atoms with van der Waals surface area (Å²) in [5.74, 6) is 0.350. The average molecular weight is 447 g/mol. The maximum atomic E-state index is 12.6. The van der Waals surface area contributed by atoms with Gasteiger partial charge in [-0.05, 0) is 61.1 Å². The van der Waals surface area contributed by atoms with E-state index in [1.165, 1.54) is 7.11 Å². The monoisotopic (exact) mass is 446 g/mol. The van der Waals surface area contributed by atoms with Gasteiger partial charge in [0, 0.05) is 15.9 Å². The van der Waals surface area contributed by atoms with Crippen molar-refractivity contribution in [3.05, 3.63) is 69.8 Å². The van der Waals surface area contributed by atoms with E-state index in [1.807, 2.05) is 60.4 Å². The molecule has 0 amide bonds. The van der Waals surface area contributed by atoms with E-state index in [9.17, 15) is 4.79 Å². The molecule has 7 heteroatoms. The molecule has 140 valence electrons. The number of ether oxygens (including phenoxy) is 2. The lowest BCUT2D eigenvalue weighted by molar-refractivity contribution is -0.136. The summed E-state index contributed by atoms with van der Waals surface area (Å²) in [5.41, 5.74) is 2.99. The minimum Gasteiger partial charge on any atom is -0.497 e. The van der Waals surface area contributed by atoms with E-state index < -0.39 is 12.0 Å². The summed E-state index contributed by atoms with van der Waals surface area (Å²) in [6.07, 6.45) is 0. The Morgan fingerprint density at radius 1 is 1.19 bits per heavy atom. The molecule has 0 bridgehead atoms. The third-order valence-corrected chi connectivity index (χ3v) is 5.20. The van der Waals surface area contributed by atoms with E-state index >= 15 is 0 Å². The molecule has 0 saturated heterocycles. The van der Waals surface area contributed by atoms with Crippen LogP contribution in [0.3, 0.4) is 0 Å². The molecule has 3 rings (SSSR count). The number of methoxy groups -OCH3 is 2. The van der Waals surface area contributed by atoms with Gasteiger partial charge >= 0.3 is 5.97 Å². The number of benzene rings is 2. The maximum Gasteiger partial charge on any atom is 0.337 e. The van der Waals surface area contributed by atoms with Crippen LogP contribution < -0.4 is 15.0 Å². The van der Waals surface area contributed by atoms with E-state index in [1.54, 1.807) is 7.11 Å². The highest BCUT2D eigenvalue weighted by molar-refractivity contribution is 9.10. The zero-order chi connectivity index (χ0) is 19.6. The molecule has 0 aliphatic carbocycles. The van der Waals surface area contributed by atoms with Crippen molar-refractivity contribution in [2.24, 2.45) is 0 Å². The highest BCUT2D eigenvalue weighted by Gasteiger charge is 2.35. The predicted molar refractivity (Wildman–Crippen MR) is 113 cm³/mol. The lowest BCUT2D eigenvalue weighted by Crippen LogP contribution is -2.48. The van der Waals surface area contributed by atoms with E-state index in [0.717, 1.165) is 27.2 Å². The fourth-order valence-corrected chi connectivity index (χ4v) is 3.87. The number of anilines is 1. The summed E-state index contributed by atoms with van der Waals surface area (Å²) >= 11 is 9.10. The van der Waals surface area contributed by atoms with Gasteiger partial charge in [0.25, 0.3) is 0 Å². The van der Waals surface area contributed by atoms with Gasteiger partial charge in [-0.25, -0.2) is 4.79 Å². The van der Waals surface area contributed by atoms with Gasteiger partial charge in [0.05, 0.1) is 25.8 Å². The Labute approximate surface area is 172 Å². The van der Waals surface area contributed by atoms with Crippen molar-refractivity contribution in [1.29, 1.82) is 0 Å². The van der Waals surface area contributed by atoms with Crippen LogP contribution in [0.4, 0.5) is 5.69 Å². The second-order valence-electron chi connectivity index (χ2n) is 5.96. The maximum absolute atomic E-state index is 12.6. The zero-order valence-corrected chi connectivity index (χ0v) is 17.6. The minimum atomic E-state index is -0.397. The molecule has 2 aromatic carbocycles. The molecule has 1 heterocycles. The first-order chi connectivity index (χ1) is 13.0. The van der Waals surface area contributed by atoms with Crippen molar-refractivity contribution in [2.75, 3.05) is 19.1 Å². The van der Waals surface area contributed by atoms with Crippen LogP contribution in [0.1, 0.15) is 18.5 Å². The fourth-order valence-electron chi connectivity index (χ4n) is 3.10. The van der Waals surface area contributed by atoms with E-state index in [4.69, 9.17) is 21.7 Å². The van der Waals surface area contributed by atoms with Crippen molar-refractivity contribution in [1.82, 2.24) is 5.32 Å². The largest absolute Gasteiger partial charge is 0.497 e. The number of nitrogens with one attached hydrogen (secondary N) is 1. The van der Waals surface area contributed by atoms with E-state index in [-0.39, 0.29) is 0 Å². The van der Waals surface area contributed by atoms with Gasteiger partial charge in [0.15, 0.2) is 5.11 Å². The fraction of sp³-hybridized carbons (Fsp3) is 0.200. The average Bonchev–Trinajstić information content (AvgIpc) is 2.67. The third-order valence-electron chi connectivity index (χ3n) is 4.40. The Morgan fingerprint density at radius 3 is 2.48 bits per heavy atom. The van der Waals surface area contributed by atoms with Crippen molar-refractivity contribution in [3.63, 3.8) is 0 Å². The number of hydrogen-bond acceptors (Lipinski definition) is 4. The number of thiocarbonyl (C=S) groups is 1. The van der Waals surface area contributed by atoms with Gasteiger partial charge in [0.1, 0.15) is 5.75 Å². The molecule has 5 nitrogen and oxygen atoms in total. The first kappa shape index (κ1) is 19.4. The lowest BCUT2D eigenvalue weighted by Gasteiger charge is -2.37. The summed E-state index contributed by atoms with van der Waals surface area (Å²) in [6, 6.07) is 14.9. The number of esters is 1. The van der Waals surface area contributed by atoms with Crippen LogP contribution in [0.25, 0.3) is 0 Å². The summed E-state index contributed by atoms with van der Waals surface area (Å²) in [5, 5.41) is 3.79. The molecule has 2 aromatic rings. The Balaban J connectivity index is 2.11. The molecule has 27 heavy (non-hydrogen) atoms. The van der Waals surface area contributed by atoms with Crippen molar-refractivity contribution >= 4 is 44.9 Å². The number of carbonyl (C=O) groups is 1. The van der Waals surface area contributed by atoms with Crippen LogP contribution in [0, 0.1) is 0 Å². The summed E-state index contributed by atoms with van der Waals surface area (Å²) < 4.78 is 11.2. The molecule has 0 aromatic heterocycles. The quantitative estimate of drug-likeness (QED) is 0.556. The van der Waals surface area contributed by atoms with Crippen molar-refractivity contribution in [2.45, 2.75) is 13.0 Å². The molecule has 1 unspecified atom stereocenters. The molecule has 0 fully saturated rings. The Bertz CT molecular complexity index is 912. The summed E-state index contributed by atoms with van der Waals surface area (Å²) in [7, 11) is 3.00. The van der Waals surface area contributed by atoms with Gasteiger partial charge in [-0.1, -0.05) is 28.1 Å². The molecule has 1 atom stereocenters. The molecular formula is C20H19BrN2O3S. The molecular weight excluding hydrogens is 428 g/mol. The smallest absolute Gasteiger partial charge is 0.337 e. The standard InChI is InChI=1S/C20H19BrN2O3S/c1-12-17(19(24)26-3)18(13-5-4-6-14(21)11-13)22-20(27)23(12)15-7-9-16(25-2)10-8-15/h4-11,18H,1-3H3,(H,22,27). The van der Waals surface area contributed by atoms with Gasteiger partial charge in [0.2, 0.25) is 0 Å². The van der Waals surface area contributed by atoms with Gasteiger partial charge < -0.3 is 14.8 Å². The third kappa shape index (κ3) is 3.84. The van der Waals surface area contributed by atoms with Gasteiger partial charge in [-0.2, -0.15) is 0 Å². The molecule has 0 spiro atoms. The van der Waals surface area contributed by atoms with Crippen molar-refractivity contribution < 1.29 is 14.3 Å². The first-order valence-corrected chi connectivity index (χ1v) is 9.45. The number of rotatable bonds is 4. The van der Waals surface area contributed by atoms with Crippen LogP contribution in [-0.4, -0.2) is 25.3 Å². The molecule has 1 aliphatic rings. The predicted octanol–water partition coefficient (Wildman–Crippen LogP) is 4.34. The van der Waals surface area contributed by atoms with Crippen LogP contribution in [0.5, 0.6) is 5.75 Å². The lowest BCUT2D eigenvalue weighted by atomic mass is 9.95. The number of carbonyl (C=O) groups excluding carboxylic acids is 1. The van der Waals surface area contributed by atoms with Crippen molar-refractivity contribution in [3.8, 4) is 5.75 Å². The second-order valence-corrected chi connectivity index (χ2v) is 7.26. The van der Waals surface area contributed by atoms with Crippen LogP contribution >= 0.6 is 28.1 Å². The van der Waals surface area contributed by atoms with E-state index in [0.29, 0.717) is 10.7 Å². The second kappa shape index (κ2) is 8.10. The van der Waals surface area contributed by atoms with E-state index in [2.05, 4.69) is 21.2 Å². The SMILES string of the molecule is COC(=O)C1=C(C)N(c2ccc(OC)cc2)C(=S)NC1c1cccc(Br)c1. The number of allylic oxidation sites excluding steroid dienone is 1. The molecule has 0 saturated carbocycles. The number of hydrogen-bond donors (Lipinski definition) is 1. The Morgan fingerprint density at radius 2 is 1.89 bits per heavy atom. The van der Waals surface area contributed by atoms with Crippen LogP contribution in [0.2, 0.25) is 0 Å². The first-order valence-electron chi connectivity index (χ1n) is 8.25. The Kier molecular flexibility index (Phi) is 5.82. The molecule has 0 radical (unpaired) electrons. The van der Waals surface area contributed by atoms with Gasteiger partial charge in [-0.3, -0.25) is 4.90 Å². The highest BCUT2D eigenvalue weighted by Crippen LogP contribution is 2.35. The summed E-state index contributed by atoms with van der Waals surface area (Å²) in [4.78, 5) is 14.4. The minimum absolute atomic E-state index is 0.392. The number of halogens is 1. The molecule has 1 aliphatic heterocycles.